The Labute approximate surface area is 89.1 Å². The molecule has 1 rings (SSSR count). The van der Waals surface area contributed by atoms with Crippen molar-refractivity contribution >= 4 is 5.78 Å². The van der Waals surface area contributed by atoms with Crippen LogP contribution in [0.1, 0.15) is 29.8 Å². The van der Waals surface area contributed by atoms with Crippen LogP contribution >= 0.6 is 0 Å². The van der Waals surface area contributed by atoms with Crippen molar-refractivity contribution in [3.63, 3.8) is 0 Å². The van der Waals surface area contributed by atoms with Crippen LogP contribution in [-0.4, -0.2) is 18.5 Å². The van der Waals surface area contributed by atoms with Crippen molar-refractivity contribution in [2.45, 2.75) is 26.9 Å². The van der Waals surface area contributed by atoms with Crippen LogP contribution in [0.2, 0.25) is 0 Å². The van der Waals surface area contributed by atoms with Crippen molar-refractivity contribution in [1.82, 2.24) is 0 Å². The summed E-state index contributed by atoms with van der Waals surface area (Å²) in [5, 5.41) is 0. The van der Waals surface area contributed by atoms with Crippen LogP contribution in [-0.2, 0) is 4.74 Å². The Balaban J connectivity index is 2.87. The van der Waals surface area contributed by atoms with Gasteiger partial charge in [-0.2, -0.15) is 0 Å². The summed E-state index contributed by atoms with van der Waals surface area (Å²) in [4.78, 5) is 11.8. The van der Waals surface area contributed by atoms with Gasteiger partial charge in [-0.15, -0.1) is 0 Å². The second-order valence-corrected chi connectivity index (χ2v) is 3.43. The van der Waals surface area contributed by atoms with Crippen molar-refractivity contribution in [3.05, 3.63) is 35.1 Å². The number of Topliss-reactive ketones (excluding diaryl/α,β-unsaturated/α-hetero) is 1. The topological polar surface area (TPSA) is 26.3 Å². The summed E-state index contributed by atoms with van der Waals surface area (Å²) < 4.78 is 18.2. The monoisotopic (exact) mass is 210 g/mol. The fourth-order valence-electron chi connectivity index (χ4n) is 1.36. The highest BCUT2D eigenvalue weighted by Gasteiger charge is 2.15. The third-order valence-electron chi connectivity index (χ3n) is 2.23. The van der Waals surface area contributed by atoms with Crippen molar-refractivity contribution in [1.29, 1.82) is 0 Å². The van der Waals surface area contributed by atoms with Crippen LogP contribution in [0.3, 0.4) is 0 Å². The Kier molecular flexibility index (Phi) is 3.97. The van der Waals surface area contributed by atoms with Gasteiger partial charge in [0.1, 0.15) is 11.9 Å². The van der Waals surface area contributed by atoms with Gasteiger partial charge in [-0.3, -0.25) is 4.79 Å². The largest absolute Gasteiger partial charge is 0.371 e. The molecule has 0 N–H and O–H groups in total. The molecular weight excluding hydrogens is 195 g/mol. The molecule has 2 nitrogen and oxygen atoms in total. The Morgan fingerprint density at radius 1 is 1.53 bits per heavy atom. The molecule has 82 valence electrons. The molecule has 0 aliphatic carbocycles. The Morgan fingerprint density at radius 3 is 2.73 bits per heavy atom. The maximum absolute atomic E-state index is 13.0. The highest BCUT2D eigenvalue weighted by Crippen LogP contribution is 2.12. The van der Waals surface area contributed by atoms with E-state index in [4.69, 9.17) is 4.74 Å². The van der Waals surface area contributed by atoms with Gasteiger partial charge >= 0.3 is 0 Å². The van der Waals surface area contributed by atoms with Gasteiger partial charge in [-0.1, -0.05) is 0 Å². The smallest absolute Gasteiger partial charge is 0.191 e. The maximum Gasteiger partial charge on any atom is 0.191 e. The quantitative estimate of drug-likeness (QED) is 0.714. The fraction of sp³-hybridized carbons (Fsp3) is 0.417. The third-order valence-corrected chi connectivity index (χ3v) is 2.23. The van der Waals surface area contributed by atoms with Crippen LogP contribution in [0, 0.1) is 12.7 Å². The van der Waals surface area contributed by atoms with E-state index in [0.717, 1.165) is 0 Å². The van der Waals surface area contributed by atoms with Gasteiger partial charge in [0.2, 0.25) is 0 Å². The predicted molar refractivity (Wildman–Crippen MR) is 56.6 cm³/mol. The third kappa shape index (κ3) is 2.86. The van der Waals surface area contributed by atoms with Crippen LogP contribution in [0.15, 0.2) is 18.2 Å². The highest BCUT2D eigenvalue weighted by molar-refractivity contribution is 5.99. The molecule has 1 aromatic rings. The first kappa shape index (κ1) is 11.9. The zero-order valence-corrected chi connectivity index (χ0v) is 9.21. The van der Waals surface area contributed by atoms with Gasteiger partial charge in [0.25, 0.3) is 0 Å². The zero-order valence-electron chi connectivity index (χ0n) is 9.21. The van der Waals surface area contributed by atoms with Crippen LogP contribution < -0.4 is 0 Å². The summed E-state index contributed by atoms with van der Waals surface area (Å²) in [5.41, 5.74) is 0.972. The summed E-state index contributed by atoms with van der Waals surface area (Å²) >= 11 is 0. The van der Waals surface area contributed by atoms with Gasteiger partial charge in [0.15, 0.2) is 5.78 Å². The Morgan fingerprint density at radius 2 is 2.20 bits per heavy atom. The number of hydrogen-bond donors (Lipinski definition) is 0. The minimum Gasteiger partial charge on any atom is -0.371 e. The molecule has 1 unspecified atom stereocenters. The van der Waals surface area contributed by atoms with Gasteiger partial charge in [-0.25, -0.2) is 4.39 Å². The lowest BCUT2D eigenvalue weighted by molar-refractivity contribution is 0.0520. The van der Waals surface area contributed by atoms with Gasteiger partial charge in [0.05, 0.1) is 0 Å². The molecule has 1 aromatic carbocycles. The molecule has 0 aliphatic rings. The van der Waals surface area contributed by atoms with E-state index in [0.29, 0.717) is 17.7 Å². The molecule has 0 aliphatic heterocycles. The van der Waals surface area contributed by atoms with Gasteiger partial charge in [0, 0.05) is 12.2 Å². The Bertz CT molecular complexity index is 361. The predicted octanol–water partition coefficient (Wildman–Crippen LogP) is 2.74. The van der Waals surface area contributed by atoms with E-state index < -0.39 is 6.10 Å². The second-order valence-electron chi connectivity index (χ2n) is 3.43. The summed E-state index contributed by atoms with van der Waals surface area (Å²) in [7, 11) is 0. The number of carbonyl (C=O) groups is 1. The molecule has 0 bridgehead atoms. The molecule has 3 heteroatoms. The Hall–Kier alpha value is -1.22. The van der Waals surface area contributed by atoms with E-state index in [1.165, 1.54) is 12.1 Å². The van der Waals surface area contributed by atoms with E-state index >= 15 is 0 Å². The first-order valence-electron chi connectivity index (χ1n) is 4.98. The fourth-order valence-corrected chi connectivity index (χ4v) is 1.36. The molecule has 0 saturated carbocycles. The first-order valence-corrected chi connectivity index (χ1v) is 4.98. The SMILES string of the molecule is CCOC(C)C(=O)c1ccc(F)c(C)c1. The minimum atomic E-state index is -0.472. The number of carbonyl (C=O) groups excluding carboxylic acids is 1. The van der Waals surface area contributed by atoms with Crippen LogP contribution in [0.4, 0.5) is 4.39 Å². The van der Waals surface area contributed by atoms with E-state index in [1.807, 2.05) is 6.92 Å². The minimum absolute atomic E-state index is 0.111. The number of halogens is 1. The average Bonchev–Trinajstić information content (AvgIpc) is 2.21. The normalized spacial score (nSPS) is 12.5. The summed E-state index contributed by atoms with van der Waals surface area (Å²) in [6.45, 7) is 5.66. The lowest BCUT2D eigenvalue weighted by Crippen LogP contribution is -2.20. The molecule has 15 heavy (non-hydrogen) atoms. The van der Waals surface area contributed by atoms with Gasteiger partial charge < -0.3 is 4.74 Å². The van der Waals surface area contributed by atoms with E-state index in [1.54, 1.807) is 19.9 Å². The average molecular weight is 210 g/mol. The van der Waals surface area contributed by atoms with Gasteiger partial charge in [-0.05, 0) is 44.5 Å². The lowest BCUT2D eigenvalue weighted by atomic mass is 10.0. The molecule has 0 spiro atoms. The zero-order chi connectivity index (χ0) is 11.4. The summed E-state index contributed by atoms with van der Waals surface area (Å²) in [6, 6.07) is 4.34. The first-order chi connectivity index (χ1) is 7.06. The van der Waals surface area contributed by atoms with E-state index in [9.17, 15) is 9.18 Å². The summed E-state index contributed by atoms with van der Waals surface area (Å²) in [5.74, 6) is -0.407. The highest BCUT2D eigenvalue weighted by atomic mass is 19.1. The lowest BCUT2D eigenvalue weighted by Gasteiger charge is -2.10. The number of hydrogen-bond acceptors (Lipinski definition) is 2. The van der Waals surface area contributed by atoms with E-state index in [-0.39, 0.29) is 11.6 Å². The number of rotatable bonds is 4. The molecule has 0 aromatic heterocycles. The van der Waals surface area contributed by atoms with Crippen LogP contribution in [0.25, 0.3) is 0 Å². The maximum atomic E-state index is 13.0. The molecule has 1 atom stereocenters. The molecular formula is C12H15FO2. The summed E-state index contributed by atoms with van der Waals surface area (Å²) in [6.07, 6.45) is -0.472. The molecule has 0 radical (unpaired) electrons. The molecule has 0 amide bonds. The van der Waals surface area contributed by atoms with Crippen LogP contribution in [0.5, 0.6) is 0 Å². The van der Waals surface area contributed by atoms with Crippen molar-refractivity contribution in [2.75, 3.05) is 6.61 Å². The van der Waals surface area contributed by atoms with Crippen molar-refractivity contribution in [2.24, 2.45) is 0 Å². The molecule has 0 heterocycles. The second kappa shape index (κ2) is 5.03. The number of aryl methyl sites for hydroxylation is 1. The standard InChI is InChI=1S/C12H15FO2/c1-4-15-9(3)12(14)10-5-6-11(13)8(2)7-10/h5-7,9H,4H2,1-3H3. The molecule has 0 fully saturated rings. The number of ketones is 1. The van der Waals surface area contributed by atoms with Crippen molar-refractivity contribution < 1.29 is 13.9 Å². The molecule has 0 saturated heterocycles. The van der Waals surface area contributed by atoms with Crippen molar-refractivity contribution in [3.8, 4) is 0 Å². The van der Waals surface area contributed by atoms with E-state index in [2.05, 4.69) is 0 Å². The number of benzene rings is 1. The number of ether oxygens (including phenoxy) is 1.